The summed E-state index contributed by atoms with van der Waals surface area (Å²) in [7, 11) is 0. The Morgan fingerprint density at radius 1 is 1.43 bits per heavy atom. The molecule has 2 fully saturated rings. The molecule has 0 aromatic rings. The second-order valence-electron chi connectivity index (χ2n) is 4.31. The molecule has 1 amide bonds. The average molecular weight is 262 g/mol. The molecule has 1 saturated carbocycles. The summed E-state index contributed by atoms with van der Waals surface area (Å²) in [5.41, 5.74) is 0. The number of fused-ring (bicyclic) bond motifs is 1. The van der Waals surface area contributed by atoms with Crippen molar-refractivity contribution in [2.75, 3.05) is 18.4 Å². The molecule has 1 N–H and O–H groups in total. The molecule has 3 atom stereocenters. The van der Waals surface area contributed by atoms with Gasteiger partial charge in [-0.15, -0.1) is 0 Å². The molecule has 3 nitrogen and oxygen atoms in total. The molecule has 0 radical (unpaired) electrons. The van der Waals surface area contributed by atoms with Gasteiger partial charge in [-0.05, 0) is 18.8 Å². The van der Waals surface area contributed by atoms with Gasteiger partial charge in [0, 0.05) is 30.8 Å². The predicted molar refractivity (Wildman–Crippen MR) is 57.2 cm³/mol. The Balaban J connectivity index is 1.92. The summed E-state index contributed by atoms with van der Waals surface area (Å²) >= 11 is 3.27. The molecule has 1 aliphatic heterocycles. The number of aliphatic hydroxyl groups excluding tert-OH is 1. The normalized spacial score (nSPS) is 36.1. The minimum Gasteiger partial charge on any atom is -0.393 e. The van der Waals surface area contributed by atoms with E-state index in [1.165, 1.54) is 0 Å². The molecule has 1 saturated heterocycles. The third kappa shape index (κ3) is 1.82. The Kier molecular flexibility index (Phi) is 3.12. The van der Waals surface area contributed by atoms with Crippen molar-refractivity contribution in [2.24, 2.45) is 11.8 Å². The van der Waals surface area contributed by atoms with Crippen molar-refractivity contribution in [3.63, 3.8) is 0 Å². The van der Waals surface area contributed by atoms with Crippen LogP contribution in [0.2, 0.25) is 0 Å². The van der Waals surface area contributed by atoms with Gasteiger partial charge in [-0.3, -0.25) is 4.79 Å². The van der Waals surface area contributed by atoms with E-state index in [2.05, 4.69) is 15.9 Å². The van der Waals surface area contributed by atoms with Gasteiger partial charge in [0.25, 0.3) is 0 Å². The number of amides is 1. The van der Waals surface area contributed by atoms with Crippen LogP contribution in [0.1, 0.15) is 19.3 Å². The standard InChI is InChI=1S/C10H16BrNO2/c11-4-3-10(14)12-5-7-1-2-9(13)8(7)6-12/h7-9,13H,1-6H2. The second-order valence-corrected chi connectivity index (χ2v) is 5.10. The molecular weight excluding hydrogens is 246 g/mol. The smallest absolute Gasteiger partial charge is 0.223 e. The van der Waals surface area contributed by atoms with Gasteiger partial charge >= 0.3 is 0 Å². The quantitative estimate of drug-likeness (QED) is 0.754. The van der Waals surface area contributed by atoms with Crippen LogP contribution in [0.15, 0.2) is 0 Å². The van der Waals surface area contributed by atoms with Gasteiger partial charge in [-0.1, -0.05) is 15.9 Å². The van der Waals surface area contributed by atoms with Crippen LogP contribution in [-0.4, -0.2) is 40.4 Å². The fourth-order valence-corrected chi connectivity index (χ4v) is 3.02. The molecule has 2 rings (SSSR count). The molecular formula is C10H16BrNO2. The Labute approximate surface area is 92.6 Å². The van der Waals surface area contributed by atoms with Crippen LogP contribution in [0.3, 0.4) is 0 Å². The van der Waals surface area contributed by atoms with Crippen LogP contribution in [0.5, 0.6) is 0 Å². The van der Waals surface area contributed by atoms with E-state index in [1.54, 1.807) is 0 Å². The van der Waals surface area contributed by atoms with Crippen molar-refractivity contribution in [1.82, 2.24) is 4.90 Å². The van der Waals surface area contributed by atoms with E-state index < -0.39 is 0 Å². The number of likely N-dealkylation sites (tertiary alicyclic amines) is 1. The Bertz CT molecular complexity index is 234. The summed E-state index contributed by atoms with van der Waals surface area (Å²) in [6.45, 7) is 1.64. The summed E-state index contributed by atoms with van der Waals surface area (Å²) < 4.78 is 0. The molecule has 4 heteroatoms. The van der Waals surface area contributed by atoms with Crippen LogP contribution in [0, 0.1) is 11.8 Å². The molecule has 1 aliphatic carbocycles. The highest BCUT2D eigenvalue weighted by Gasteiger charge is 2.42. The zero-order valence-electron chi connectivity index (χ0n) is 8.16. The molecule has 0 spiro atoms. The number of carbonyl (C=O) groups excluding carboxylic acids is 1. The maximum absolute atomic E-state index is 11.6. The number of aliphatic hydroxyl groups is 1. The minimum absolute atomic E-state index is 0.165. The van der Waals surface area contributed by atoms with E-state index in [9.17, 15) is 9.90 Å². The van der Waals surface area contributed by atoms with Gasteiger partial charge in [-0.25, -0.2) is 0 Å². The fourth-order valence-electron chi connectivity index (χ4n) is 2.68. The molecule has 14 heavy (non-hydrogen) atoms. The summed E-state index contributed by atoms with van der Waals surface area (Å²) in [6.07, 6.45) is 2.43. The SMILES string of the molecule is O=C(CCBr)N1CC2CCC(O)C2C1. The topological polar surface area (TPSA) is 40.5 Å². The third-order valence-corrected chi connectivity index (χ3v) is 3.88. The van der Waals surface area contributed by atoms with Crippen molar-refractivity contribution >= 4 is 21.8 Å². The van der Waals surface area contributed by atoms with Gasteiger partial charge in [0.05, 0.1) is 6.10 Å². The molecule has 80 valence electrons. The zero-order chi connectivity index (χ0) is 10.1. The highest BCUT2D eigenvalue weighted by Crippen LogP contribution is 2.38. The third-order valence-electron chi connectivity index (χ3n) is 3.48. The van der Waals surface area contributed by atoms with Crippen molar-refractivity contribution in [3.05, 3.63) is 0 Å². The molecule has 0 aromatic carbocycles. The lowest BCUT2D eigenvalue weighted by molar-refractivity contribution is -0.130. The minimum atomic E-state index is -0.165. The number of hydrogen-bond donors (Lipinski definition) is 1. The summed E-state index contributed by atoms with van der Waals surface area (Å²) in [4.78, 5) is 13.5. The number of hydrogen-bond acceptors (Lipinski definition) is 2. The summed E-state index contributed by atoms with van der Waals surface area (Å²) in [5, 5.41) is 10.4. The Morgan fingerprint density at radius 2 is 2.21 bits per heavy atom. The first-order chi connectivity index (χ1) is 6.72. The first kappa shape index (κ1) is 10.4. The monoisotopic (exact) mass is 261 g/mol. The molecule has 2 aliphatic rings. The first-order valence-electron chi connectivity index (χ1n) is 5.24. The number of nitrogens with zero attached hydrogens (tertiary/aromatic N) is 1. The second kappa shape index (κ2) is 4.19. The molecule has 0 bridgehead atoms. The molecule has 1 heterocycles. The summed E-state index contributed by atoms with van der Waals surface area (Å²) in [5.74, 6) is 1.14. The predicted octanol–water partition coefficient (Wildman–Crippen LogP) is 1.00. The fraction of sp³-hybridized carbons (Fsp3) is 0.900. The van der Waals surface area contributed by atoms with Crippen molar-refractivity contribution in [2.45, 2.75) is 25.4 Å². The molecule has 0 aromatic heterocycles. The van der Waals surface area contributed by atoms with Crippen LogP contribution in [0.25, 0.3) is 0 Å². The lowest BCUT2D eigenvalue weighted by atomic mass is 10.00. The van der Waals surface area contributed by atoms with E-state index in [1.807, 2.05) is 4.90 Å². The number of alkyl halides is 1. The number of rotatable bonds is 2. The van der Waals surface area contributed by atoms with Crippen molar-refractivity contribution < 1.29 is 9.90 Å². The van der Waals surface area contributed by atoms with Gasteiger partial charge in [0.1, 0.15) is 0 Å². The summed E-state index contributed by atoms with van der Waals surface area (Å²) in [6, 6.07) is 0. The van der Waals surface area contributed by atoms with Crippen LogP contribution >= 0.6 is 15.9 Å². The van der Waals surface area contributed by atoms with E-state index in [-0.39, 0.29) is 12.0 Å². The van der Waals surface area contributed by atoms with E-state index >= 15 is 0 Å². The highest BCUT2D eigenvalue weighted by molar-refractivity contribution is 9.09. The maximum Gasteiger partial charge on any atom is 0.223 e. The number of carbonyl (C=O) groups is 1. The van der Waals surface area contributed by atoms with Gasteiger partial charge in [0.15, 0.2) is 0 Å². The van der Waals surface area contributed by atoms with Crippen LogP contribution in [0.4, 0.5) is 0 Å². The van der Waals surface area contributed by atoms with Crippen molar-refractivity contribution in [1.29, 1.82) is 0 Å². The maximum atomic E-state index is 11.6. The van der Waals surface area contributed by atoms with Crippen molar-refractivity contribution in [3.8, 4) is 0 Å². The van der Waals surface area contributed by atoms with Gasteiger partial charge in [0.2, 0.25) is 5.91 Å². The first-order valence-corrected chi connectivity index (χ1v) is 6.36. The van der Waals surface area contributed by atoms with E-state index in [0.29, 0.717) is 18.3 Å². The highest BCUT2D eigenvalue weighted by atomic mass is 79.9. The number of halogens is 1. The molecule has 3 unspecified atom stereocenters. The average Bonchev–Trinajstić information content (AvgIpc) is 2.69. The lowest BCUT2D eigenvalue weighted by Crippen LogP contribution is -2.31. The van der Waals surface area contributed by atoms with Gasteiger partial charge in [-0.2, -0.15) is 0 Å². The zero-order valence-corrected chi connectivity index (χ0v) is 9.74. The Morgan fingerprint density at radius 3 is 2.86 bits per heavy atom. The lowest BCUT2D eigenvalue weighted by Gasteiger charge is -2.17. The van der Waals surface area contributed by atoms with Crippen LogP contribution < -0.4 is 0 Å². The van der Waals surface area contributed by atoms with Gasteiger partial charge < -0.3 is 10.0 Å². The van der Waals surface area contributed by atoms with E-state index in [0.717, 1.165) is 31.3 Å². The van der Waals surface area contributed by atoms with Crippen LogP contribution in [-0.2, 0) is 4.79 Å². The Hall–Kier alpha value is -0.0900. The largest absolute Gasteiger partial charge is 0.393 e. The van der Waals surface area contributed by atoms with E-state index in [4.69, 9.17) is 0 Å².